The van der Waals surface area contributed by atoms with E-state index >= 15 is 0 Å². The molecule has 1 aromatic rings. The molecule has 2 N–H and O–H groups in total. The molecule has 2 heteroatoms. The molecular weight excluding hydrogens is 244 g/mol. The zero-order chi connectivity index (χ0) is 14.4. The van der Waals surface area contributed by atoms with Crippen molar-refractivity contribution in [1.29, 1.82) is 0 Å². The van der Waals surface area contributed by atoms with Crippen LogP contribution < -0.4 is 5.73 Å². The van der Waals surface area contributed by atoms with Gasteiger partial charge in [-0.05, 0) is 49.4 Å². The maximum atomic E-state index is 5.47. The third kappa shape index (κ3) is 4.10. The minimum absolute atomic E-state index is 0.425. The van der Waals surface area contributed by atoms with Crippen LogP contribution in [0.5, 0.6) is 0 Å². The number of hydrogen-bond acceptors (Lipinski definition) is 2. The molecule has 0 aliphatic carbocycles. The molecule has 0 radical (unpaired) electrons. The number of hydrogen-bond donors (Lipinski definition) is 1. The van der Waals surface area contributed by atoms with Crippen LogP contribution in [0.3, 0.4) is 0 Å². The Bertz CT molecular complexity index is 474. The van der Waals surface area contributed by atoms with E-state index in [1.165, 1.54) is 31.5 Å². The third-order valence-electron chi connectivity index (χ3n) is 4.31. The highest BCUT2D eigenvalue weighted by Crippen LogP contribution is 2.25. The standard InChI is InChI=1S/C18H26N2/c1-15(2)16-9-12-20(13-10-16)14-18-7-4-3-6-17(18)8-5-11-19/h3-4,6-7,15-16H,9-14,19H2,1-2H3. The van der Waals surface area contributed by atoms with Crippen molar-refractivity contribution in [2.24, 2.45) is 17.6 Å². The summed E-state index contributed by atoms with van der Waals surface area (Å²) in [6.45, 7) is 8.55. The molecule has 2 nitrogen and oxygen atoms in total. The van der Waals surface area contributed by atoms with E-state index in [0.717, 1.165) is 23.9 Å². The summed E-state index contributed by atoms with van der Waals surface area (Å²) in [4.78, 5) is 2.56. The molecule has 20 heavy (non-hydrogen) atoms. The van der Waals surface area contributed by atoms with Gasteiger partial charge in [-0.3, -0.25) is 4.90 Å². The Kier molecular flexibility index (Phi) is 5.64. The van der Waals surface area contributed by atoms with Crippen LogP contribution in [-0.4, -0.2) is 24.5 Å². The van der Waals surface area contributed by atoms with E-state index in [2.05, 4.69) is 54.9 Å². The van der Waals surface area contributed by atoms with E-state index in [0.29, 0.717) is 6.54 Å². The number of benzene rings is 1. The zero-order valence-electron chi connectivity index (χ0n) is 12.7. The maximum absolute atomic E-state index is 5.47. The van der Waals surface area contributed by atoms with Crippen molar-refractivity contribution in [3.8, 4) is 11.8 Å². The van der Waals surface area contributed by atoms with E-state index in [-0.39, 0.29) is 0 Å². The van der Waals surface area contributed by atoms with Crippen LogP contribution in [0.4, 0.5) is 0 Å². The summed E-state index contributed by atoms with van der Waals surface area (Å²) in [5.74, 6) is 7.87. The molecule has 1 aromatic carbocycles. The van der Waals surface area contributed by atoms with Crippen LogP contribution in [0.2, 0.25) is 0 Å². The van der Waals surface area contributed by atoms with Gasteiger partial charge in [0.1, 0.15) is 0 Å². The zero-order valence-corrected chi connectivity index (χ0v) is 12.7. The Morgan fingerprint density at radius 2 is 1.95 bits per heavy atom. The van der Waals surface area contributed by atoms with Crippen molar-refractivity contribution in [2.75, 3.05) is 19.6 Å². The fourth-order valence-corrected chi connectivity index (χ4v) is 2.95. The predicted octanol–water partition coefficient (Wildman–Crippen LogP) is 2.86. The second-order valence-corrected chi connectivity index (χ2v) is 6.02. The Balaban J connectivity index is 1.98. The lowest BCUT2D eigenvalue weighted by Gasteiger charge is -2.34. The van der Waals surface area contributed by atoms with Gasteiger partial charge in [0.05, 0.1) is 6.54 Å². The van der Waals surface area contributed by atoms with Gasteiger partial charge in [0, 0.05) is 12.1 Å². The normalized spacial score (nSPS) is 17.0. The molecule has 0 atom stereocenters. The van der Waals surface area contributed by atoms with Gasteiger partial charge in [-0.2, -0.15) is 0 Å². The van der Waals surface area contributed by atoms with Crippen LogP contribution >= 0.6 is 0 Å². The molecule has 1 heterocycles. The van der Waals surface area contributed by atoms with Gasteiger partial charge in [0.25, 0.3) is 0 Å². The highest BCUT2D eigenvalue weighted by molar-refractivity contribution is 5.41. The SMILES string of the molecule is CC(C)C1CCN(Cc2ccccc2C#CCN)CC1. The van der Waals surface area contributed by atoms with Crippen LogP contribution in [0, 0.1) is 23.7 Å². The van der Waals surface area contributed by atoms with Gasteiger partial charge < -0.3 is 5.73 Å². The molecule has 0 bridgehead atoms. The highest BCUT2D eigenvalue weighted by Gasteiger charge is 2.21. The molecule has 0 saturated carbocycles. The third-order valence-corrected chi connectivity index (χ3v) is 4.31. The number of nitrogens with zero attached hydrogens (tertiary/aromatic N) is 1. The summed E-state index contributed by atoms with van der Waals surface area (Å²) in [6.07, 6.45) is 2.66. The molecule has 0 spiro atoms. The Morgan fingerprint density at radius 3 is 2.60 bits per heavy atom. The smallest absolute Gasteiger partial charge is 0.0555 e. The fourth-order valence-electron chi connectivity index (χ4n) is 2.95. The van der Waals surface area contributed by atoms with Crippen LogP contribution in [0.15, 0.2) is 24.3 Å². The minimum Gasteiger partial charge on any atom is -0.320 e. The average Bonchev–Trinajstić information content (AvgIpc) is 2.47. The summed E-state index contributed by atoms with van der Waals surface area (Å²) in [5, 5.41) is 0. The number of nitrogens with two attached hydrogens (primary N) is 1. The molecule has 108 valence electrons. The molecule has 0 unspecified atom stereocenters. The van der Waals surface area contributed by atoms with Crippen LogP contribution in [-0.2, 0) is 6.54 Å². The molecule has 0 amide bonds. The quantitative estimate of drug-likeness (QED) is 0.856. The lowest BCUT2D eigenvalue weighted by molar-refractivity contribution is 0.152. The predicted molar refractivity (Wildman–Crippen MR) is 85.2 cm³/mol. The van der Waals surface area contributed by atoms with Gasteiger partial charge >= 0.3 is 0 Å². The lowest BCUT2D eigenvalue weighted by atomic mass is 9.86. The highest BCUT2D eigenvalue weighted by atomic mass is 15.1. The first kappa shape index (κ1) is 15.1. The van der Waals surface area contributed by atoms with Gasteiger partial charge in [0.15, 0.2) is 0 Å². The summed E-state index contributed by atoms with van der Waals surface area (Å²) in [6, 6.07) is 8.44. The Morgan fingerprint density at radius 1 is 1.25 bits per heavy atom. The molecule has 2 rings (SSSR count). The monoisotopic (exact) mass is 270 g/mol. The average molecular weight is 270 g/mol. The van der Waals surface area contributed by atoms with Gasteiger partial charge in [-0.1, -0.05) is 43.9 Å². The molecule has 1 aliphatic heterocycles. The molecular formula is C18H26N2. The van der Waals surface area contributed by atoms with Crippen molar-refractivity contribution in [2.45, 2.75) is 33.2 Å². The summed E-state index contributed by atoms with van der Waals surface area (Å²) < 4.78 is 0. The molecule has 1 fully saturated rings. The van der Waals surface area contributed by atoms with Crippen molar-refractivity contribution >= 4 is 0 Å². The Hall–Kier alpha value is -1.30. The van der Waals surface area contributed by atoms with Crippen LogP contribution in [0.1, 0.15) is 37.8 Å². The Labute approximate surface area is 123 Å². The first-order valence-electron chi connectivity index (χ1n) is 7.70. The van der Waals surface area contributed by atoms with Crippen molar-refractivity contribution in [3.63, 3.8) is 0 Å². The van der Waals surface area contributed by atoms with E-state index in [1.54, 1.807) is 0 Å². The summed E-state index contributed by atoms with van der Waals surface area (Å²) >= 11 is 0. The second-order valence-electron chi connectivity index (χ2n) is 6.02. The van der Waals surface area contributed by atoms with E-state index in [4.69, 9.17) is 5.73 Å². The van der Waals surface area contributed by atoms with Crippen LogP contribution in [0.25, 0.3) is 0 Å². The molecule has 1 aliphatic rings. The van der Waals surface area contributed by atoms with Crippen molar-refractivity contribution in [1.82, 2.24) is 4.90 Å². The number of rotatable bonds is 3. The van der Waals surface area contributed by atoms with Gasteiger partial charge in [0.2, 0.25) is 0 Å². The van der Waals surface area contributed by atoms with E-state index in [1.807, 2.05) is 0 Å². The number of likely N-dealkylation sites (tertiary alicyclic amines) is 1. The molecule has 1 saturated heterocycles. The van der Waals surface area contributed by atoms with Gasteiger partial charge in [-0.25, -0.2) is 0 Å². The topological polar surface area (TPSA) is 29.3 Å². The first-order valence-corrected chi connectivity index (χ1v) is 7.70. The molecule has 0 aromatic heterocycles. The van der Waals surface area contributed by atoms with E-state index in [9.17, 15) is 0 Å². The lowest BCUT2D eigenvalue weighted by Crippen LogP contribution is -2.34. The summed E-state index contributed by atoms with van der Waals surface area (Å²) in [7, 11) is 0. The maximum Gasteiger partial charge on any atom is 0.0555 e. The second kappa shape index (κ2) is 7.47. The number of piperidine rings is 1. The minimum atomic E-state index is 0.425. The summed E-state index contributed by atoms with van der Waals surface area (Å²) in [5.41, 5.74) is 7.93. The first-order chi connectivity index (χ1) is 9.70. The largest absolute Gasteiger partial charge is 0.320 e. The fraction of sp³-hybridized carbons (Fsp3) is 0.556. The van der Waals surface area contributed by atoms with Crippen molar-refractivity contribution < 1.29 is 0 Å². The van der Waals surface area contributed by atoms with Gasteiger partial charge in [-0.15, -0.1) is 0 Å². The van der Waals surface area contributed by atoms with Crippen molar-refractivity contribution in [3.05, 3.63) is 35.4 Å². The van der Waals surface area contributed by atoms with E-state index < -0.39 is 0 Å².